The zero-order valence-electron chi connectivity index (χ0n) is 8.10. The number of nitrogens with one attached hydrogen (secondary N) is 1. The number of fused-ring (bicyclic) bond motifs is 1. The number of aromatic nitrogens is 1. The molecule has 1 aliphatic carbocycles. The summed E-state index contributed by atoms with van der Waals surface area (Å²) in [5.41, 5.74) is 3.75. The first-order chi connectivity index (χ1) is 6.75. The van der Waals surface area contributed by atoms with Gasteiger partial charge in [-0.15, -0.1) is 0 Å². The van der Waals surface area contributed by atoms with Crippen LogP contribution < -0.4 is 0 Å². The smallest absolute Gasteiger partial charge is 0.0500 e. The first-order valence-electron chi connectivity index (χ1n) is 5.03. The van der Waals surface area contributed by atoms with Crippen LogP contribution in [0.3, 0.4) is 0 Å². The van der Waals surface area contributed by atoms with Gasteiger partial charge in [0.25, 0.3) is 0 Å². The molecule has 2 aromatic rings. The molecule has 1 aromatic carbocycles. The summed E-state index contributed by atoms with van der Waals surface area (Å²) in [4.78, 5) is 3.48. The van der Waals surface area contributed by atoms with E-state index in [-0.39, 0.29) is 0 Å². The van der Waals surface area contributed by atoms with Gasteiger partial charge in [-0.3, -0.25) is 0 Å². The maximum absolute atomic E-state index is 6.07. The Morgan fingerprint density at radius 2 is 2.14 bits per heavy atom. The van der Waals surface area contributed by atoms with Crippen LogP contribution in [0.1, 0.15) is 30.0 Å². The molecular formula is C12H12ClN. The van der Waals surface area contributed by atoms with Crippen LogP contribution in [0.2, 0.25) is 5.02 Å². The van der Waals surface area contributed by atoms with E-state index in [1.54, 1.807) is 0 Å². The van der Waals surface area contributed by atoms with Crippen LogP contribution in [-0.4, -0.2) is 4.98 Å². The van der Waals surface area contributed by atoms with Gasteiger partial charge in [0.15, 0.2) is 0 Å². The zero-order valence-corrected chi connectivity index (χ0v) is 8.86. The summed E-state index contributed by atoms with van der Waals surface area (Å²) in [5.74, 6) is 0.778. The van der Waals surface area contributed by atoms with Gasteiger partial charge in [0.05, 0.1) is 5.52 Å². The SMILES string of the molecule is Cc1c(Cl)ccc2cc(C3CC3)[nH]c12. The quantitative estimate of drug-likeness (QED) is 0.724. The summed E-state index contributed by atoms with van der Waals surface area (Å²) in [7, 11) is 0. The second-order valence-corrected chi connectivity index (χ2v) is 4.54. The van der Waals surface area contributed by atoms with E-state index in [1.165, 1.54) is 29.4 Å². The number of benzene rings is 1. The first-order valence-corrected chi connectivity index (χ1v) is 5.41. The van der Waals surface area contributed by atoms with Gasteiger partial charge in [-0.2, -0.15) is 0 Å². The predicted molar refractivity (Wildman–Crippen MR) is 60.0 cm³/mol. The van der Waals surface area contributed by atoms with Crippen LogP contribution >= 0.6 is 11.6 Å². The number of hydrogen-bond donors (Lipinski definition) is 1. The van der Waals surface area contributed by atoms with Crippen molar-refractivity contribution in [2.45, 2.75) is 25.7 Å². The lowest BCUT2D eigenvalue weighted by Crippen LogP contribution is -1.79. The van der Waals surface area contributed by atoms with E-state index < -0.39 is 0 Å². The molecule has 1 aromatic heterocycles. The second kappa shape index (κ2) is 2.77. The molecule has 0 aliphatic heterocycles. The summed E-state index contributed by atoms with van der Waals surface area (Å²) >= 11 is 6.07. The van der Waals surface area contributed by atoms with Crippen molar-refractivity contribution in [1.82, 2.24) is 4.98 Å². The molecule has 72 valence electrons. The molecule has 0 radical (unpaired) electrons. The minimum absolute atomic E-state index is 0.778. The van der Waals surface area contributed by atoms with Gasteiger partial charge in [-0.1, -0.05) is 17.7 Å². The number of H-pyrrole nitrogens is 1. The molecular weight excluding hydrogens is 194 g/mol. The first kappa shape index (κ1) is 8.37. The predicted octanol–water partition coefficient (Wildman–Crippen LogP) is 4.01. The van der Waals surface area contributed by atoms with Gasteiger partial charge in [-0.25, -0.2) is 0 Å². The third-order valence-corrected chi connectivity index (χ3v) is 3.44. The summed E-state index contributed by atoms with van der Waals surface area (Å²) < 4.78 is 0. The fourth-order valence-corrected chi connectivity index (χ4v) is 2.11. The van der Waals surface area contributed by atoms with E-state index >= 15 is 0 Å². The third kappa shape index (κ3) is 1.16. The normalized spacial score (nSPS) is 16.4. The molecule has 14 heavy (non-hydrogen) atoms. The van der Waals surface area contributed by atoms with E-state index in [4.69, 9.17) is 11.6 Å². The maximum Gasteiger partial charge on any atom is 0.0500 e. The highest BCUT2D eigenvalue weighted by Crippen LogP contribution is 2.41. The Morgan fingerprint density at radius 1 is 1.36 bits per heavy atom. The van der Waals surface area contributed by atoms with Gasteiger partial charge in [0, 0.05) is 16.1 Å². The van der Waals surface area contributed by atoms with Crippen LogP contribution in [0.5, 0.6) is 0 Å². The van der Waals surface area contributed by atoms with Gasteiger partial charge in [0.2, 0.25) is 0 Å². The highest BCUT2D eigenvalue weighted by molar-refractivity contribution is 6.32. The van der Waals surface area contributed by atoms with Crippen LogP contribution in [0.25, 0.3) is 10.9 Å². The van der Waals surface area contributed by atoms with E-state index in [9.17, 15) is 0 Å². The summed E-state index contributed by atoms with van der Waals surface area (Å²) in [6.07, 6.45) is 2.67. The van der Waals surface area contributed by atoms with Crippen molar-refractivity contribution in [2.75, 3.05) is 0 Å². The summed E-state index contributed by atoms with van der Waals surface area (Å²) in [6.45, 7) is 2.07. The Balaban J connectivity index is 2.26. The fraction of sp³-hybridized carbons (Fsp3) is 0.333. The number of halogens is 1. The Kier molecular flexibility index (Phi) is 1.65. The van der Waals surface area contributed by atoms with Crippen molar-refractivity contribution in [2.24, 2.45) is 0 Å². The average molecular weight is 206 g/mol. The molecule has 0 atom stereocenters. The number of rotatable bonds is 1. The van der Waals surface area contributed by atoms with Crippen LogP contribution in [0, 0.1) is 6.92 Å². The summed E-state index contributed by atoms with van der Waals surface area (Å²) in [6, 6.07) is 6.33. The minimum Gasteiger partial charge on any atom is -0.358 e. The van der Waals surface area contributed by atoms with Gasteiger partial charge in [0.1, 0.15) is 0 Å². The molecule has 0 unspecified atom stereocenters. The fourth-order valence-electron chi connectivity index (χ4n) is 1.96. The zero-order chi connectivity index (χ0) is 9.71. The molecule has 1 heterocycles. The topological polar surface area (TPSA) is 15.8 Å². The van der Waals surface area contributed by atoms with Gasteiger partial charge in [-0.05, 0) is 43.4 Å². The van der Waals surface area contributed by atoms with E-state index in [0.717, 1.165) is 16.5 Å². The Bertz CT molecular complexity index is 494. The van der Waals surface area contributed by atoms with Crippen molar-refractivity contribution in [3.05, 3.63) is 34.5 Å². The van der Waals surface area contributed by atoms with Crippen molar-refractivity contribution in [3.8, 4) is 0 Å². The van der Waals surface area contributed by atoms with Crippen molar-refractivity contribution in [1.29, 1.82) is 0 Å². The third-order valence-electron chi connectivity index (χ3n) is 3.03. The maximum atomic E-state index is 6.07. The molecule has 0 spiro atoms. The van der Waals surface area contributed by atoms with Crippen molar-refractivity contribution < 1.29 is 0 Å². The average Bonchev–Trinajstić information content (AvgIpc) is 2.93. The van der Waals surface area contributed by atoms with Gasteiger partial charge >= 0.3 is 0 Å². The molecule has 1 saturated carbocycles. The van der Waals surface area contributed by atoms with Gasteiger partial charge < -0.3 is 4.98 Å². The van der Waals surface area contributed by atoms with E-state index in [1.807, 2.05) is 6.07 Å². The minimum atomic E-state index is 0.778. The van der Waals surface area contributed by atoms with Crippen LogP contribution in [-0.2, 0) is 0 Å². The Hall–Kier alpha value is -0.950. The van der Waals surface area contributed by atoms with Crippen molar-refractivity contribution in [3.63, 3.8) is 0 Å². The standard InChI is InChI=1S/C12H12ClN/c1-7-10(13)5-4-9-6-11(8-2-3-8)14-12(7)9/h4-6,8,14H,2-3H2,1H3. The molecule has 0 bridgehead atoms. The van der Waals surface area contributed by atoms with Crippen LogP contribution in [0.15, 0.2) is 18.2 Å². The van der Waals surface area contributed by atoms with E-state index in [2.05, 4.69) is 24.0 Å². The van der Waals surface area contributed by atoms with Crippen molar-refractivity contribution >= 4 is 22.5 Å². The number of aromatic amines is 1. The Labute approximate surface area is 88.1 Å². The number of aryl methyl sites for hydroxylation is 1. The molecule has 0 amide bonds. The number of hydrogen-bond acceptors (Lipinski definition) is 0. The molecule has 1 fully saturated rings. The highest BCUT2D eigenvalue weighted by Gasteiger charge is 2.25. The lowest BCUT2D eigenvalue weighted by molar-refractivity contribution is 1.06. The molecule has 1 aliphatic rings. The molecule has 1 nitrogen and oxygen atoms in total. The second-order valence-electron chi connectivity index (χ2n) is 4.14. The molecule has 1 N–H and O–H groups in total. The van der Waals surface area contributed by atoms with E-state index in [0.29, 0.717) is 0 Å². The highest BCUT2D eigenvalue weighted by atomic mass is 35.5. The largest absolute Gasteiger partial charge is 0.358 e. The molecule has 0 saturated heterocycles. The van der Waals surface area contributed by atoms with Crippen LogP contribution in [0.4, 0.5) is 0 Å². The lowest BCUT2D eigenvalue weighted by atomic mass is 10.1. The lowest BCUT2D eigenvalue weighted by Gasteiger charge is -1.98. The summed E-state index contributed by atoms with van der Waals surface area (Å²) in [5, 5.41) is 2.13. The monoisotopic (exact) mass is 205 g/mol. The molecule has 2 heteroatoms. The molecule has 3 rings (SSSR count). The Morgan fingerprint density at radius 3 is 2.86 bits per heavy atom.